The van der Waals surface area contributed by atoms with E-state index in [1.807, 2.05) is 6.92 Å². The number of carboxylic acid groups (broad SMARTS) is 1. The molecule has 0 aromatic rings. The van der Waals surface area contributed by atoms with Crippen molar-refractivity contribution in [3.8, 4) is 0 Å². The van der Waals surface area contributed by atoms with Gasteiger partial charge in [-0.2, -0.15) is 0 Å². The highest BCUT2D eigenvalue weighted by Gasteiger charge is 2.65. The first-order valence-electron chi connectivity index (χ1n) is 15.7. The minimum absolute atomic E-state index is 0.0469. The van der Waals surface area contributed by atoms with Crippen molar-refractivity contribution in [3.05, 3.63) is 11.6 Å². The SMILES string of the molecule is CCCC[C@H](NC(=O)[C@H](C)NC(=O)CO/N=C1/C=C2CC[C@@H]3[C@H]4CC[C@](O)(C(C)=O)[C@@]4(C)CC[C@@H]3[C@@]2(C)CC1)C(=O)O. The van der Waals surface area contributed by atoms with Gasteiger partial charge in [0.1, 0.15) is 17.7 Å². The van der Waals surface area contributed by atoms with Gasteiger partial charge in [-0.05, 0) is 101 Å². The molecule has 3 saturated carbocycles. The molecule has 234 valence electrons. The van der Waals surface area contributed by atoms with Crippen LogP contribution in [-0.2, 0) is 24.0 Å². The van der Waals surface area contributed by atoms with Gasteiger partial charge in [-0.1, -0.05) is 44.3 Å². The summed E-state index contributed by atoms with van der Waals surface area (Å²) >= 11 is 0. The van der Waals surface area contributed by atoms with Crippen molar-refractivity contribution in [1.29, 1.82) is 0 Å². The molecule has 2 amide bonds. The number of aliphatic carboxylic acids is 1. The normalized spacial score (nSPS) is 36.0. The van der Waals surface area contributed by atoms with Gasteiger partial charge in [-0.15, -0.1) is 0 Å². The lowest BCUT2D eigenvalue weighted by molar-refractivity contribution is -0.159. The highest BCUT2D eigenvalue weighted by atomic mass is 16.6. The number of Topliss-reactive ketones (excluding diaryl/α,β-unsaturated/α-hetero) is 1. The van der Waals surface area contributed by atoms with E-state index in [0.29, 0.717) is 37.0 Å². The summed E-state index contributed by atoms with van der Waals surface area (Å²) in [6.07, 6.45) is 11.0. The average molecular weight is 588 g/mol. The van der Waals surface area contributed by atoms with Gasteiger partial charge in [0.2, 0.25) is 5.91 Å². The number of rotatable bonds is 11. The molecule has 0 radical (unpaired) electrons. The third-order valence-corrected chi connectivity index (χ3v) is 11.3. The fourth-order valence-electron chi connectivity index (χ4n) is 8.72. The Balaban J connectivity index is 1.32. The summed E-state index contributed by atoms with van der Waals surface area (Å²) in [7, 11) is 0. The maximum absolute atomic E-state index is 12.5. The van der Waals surface area contributed by atoms with E-state index in [0.717, 1.165) is 57.1 Å². The average Bonchev–Trinajstić information content (AvgIpc) is 3.22. The summed E-state index contributed by atoms with van der Waals surface area (Å²) in [5, 5.41) is 29.9. The molecule has 10 heteroatoms. The highest BCUT2D eigenvalue weighted by Crippen LogP contribution is 2.67. The number of nitrogens with one attached hydrogen (secondary N) is 2. The van der Waals surface area contributed by atoms with Crippen LogP contribution in [0.3, 0.4) is 0 Å². The smallest absolute Gasteiger partial charge is 0.326 e. The van der Waals surface area contributed by atoms with E-state index in [4.69, 9.17) is 4.84 Å². The van der Waals surface area contributed by atoms with Gasteiger partial charge in [-0.3, -0.25) is 14.4 Å². The highest BCUT2D eigenvalue weighted by molar-refractivity contribution is 5.96. The number of allylic oxidation sites excluding steroid dienone is 2. The first-order valence-corrected chi connectivity index (χ1v) is 15.7. The van der Waals surface area contributed by atoms with E-state index >= 15 is 0 Å². The summed E-state index contributed by atoms with van der Waals surface area (Å²) in [6.45, 7) is 9.14. The van der Waals surface area contributed by atoms with Gasteiger partial charge in [-0.25, -0.2) is 4.79 Å². The second kappa shape index (κ2) is 12.5. The predicted molar refractivity (Wildman–Crippen MR) is 157 cm³/mol. The molecule has 42 heavy (non-hydrogen) atoms. The number of hydrogen-bond donors (Lipinski definition) is 4. The Morgan fingerprint density at radius 1 is 1.07 bits per heavy atom. The minimum atomic E-state index is -1.20. The maximum atomic E-state index is 12.5. The second-order valence-corrected chi connectivity index (χ2v) is 13.6. The number of carbonyl (C=O) groups excluding carboxylic acids is 3. The molecule has 10 nitrogen and oxygen atoms in total. The van der Waals surface area contributed by atoms with Crippen LogP contribution in [0.25, 0.3) is 0 Å². The predicted octanol–water partition coefficient (Wildman–Crippen LogP) is 3.91. The fraction of sp³-hybridized carbons (Fsp3) is 0.781. The van der Waals surface area contributed by atoms with Gasteiger partial charge >= 0.3 is 5.97 Å². The Morgan fingerprint density at radius 2 is 1.79 bits per heavy atom. The van der Waals surface area contributed by atoms with Crippen molar-refractivity contribution >= 4 is 29.3 Å². The molecule has 8 atom stereocenters. The van der Waals surface area contributed by atoms with Crippen LogP contribution in [0.4, 0.5) is 0 Å². The molecule has 4 rings (SSSR count). The second-order valence-electron chi connectivity index (χ2n) is 13.6. The van der Waals surface area contributed by atoms with Crippen molar-refractivity contribution in [3.63, 3.8) is 0 Å². The zero-order valence-corrected chi connectivity index (χ0v) is 25.8. The number of carboxylic acids is 1. The van der Waals surface area contributed by atoms with Crippen LogP contribution in [0.5, 0.6) is 0 Å². The molecule has 0 aromatic heterocycles. The summed E-state index contributed by atoms with van der Waals surface area (Å²) < 4.78 is 0. The Hall–Kier alpha value is -2.75. The monoisotopic (exact) mass is 587 g/mol. The number of fused-ring (bicyclic) bond motifs is 5. The van der Waals surface area contributed by atoms with Gasteiger partial charge in [0.25, 0.3) is 5.91 Å². The van der Waals surface area contributed by atoms with Crippen molar-refractivity contribution in [2.24, 2.45) is 33.7 Å². The Morgan fingerprint density at radius 3 is 2.45 bits per heavy atom. The molecule has 3 fully saturated rings. The summed E-state index contributed by atoms with van der Waals surface area (Å²) in [4.78, 5) is 54.0. The van der Waals surface area contributed by atoms with Gasteiger partial charge in [0.05, 0.1) is 5.71 Å². The largest absolute Gasteiger partial charge is 0.480 e. The number of nitrogens with zero attached hydrogens (tertiary/aromatic N) is 1. The number of carbonyl (C=O) groups is 4. The van der Waals surface area contributed by atoms with Crippen LogP contribution in [-0.4, -0.2) is 63.8 Å². The van der Waals surface area contributed by atoms with Crippen LogP contribution >= 0.6 is 0 Å². The topological polar surface area (TPSA) is 154 Å². The molecular weight excluding hydrogens is 538 g/mol. The molecule has 4 N–H and O–H groups in total. The molecule has 0 saturated heterocycles. The van der Waals surface area contributed by atoms with E-state index in [-0.39, 0.29) is 23.2 Å². The first kappa shape index (κ1) is 32.2. The molecule has 4 aliphatic carbocycles. The number of aliphatic hydroxyl groups is 1. The number of oxime groups is 1. The van der Waals surface area contributed by atoms with Gasteiger partial charge < -0.3 is 25.7 Å². The van der Waals surface area contributed by atoms with E-state index in [1.165, 1.54) is 12.5 Å². The zero-order chi connectivity index (χ0) is 30.9. The number of unbranched alkanes of at least 4 members (excludes halogenated alkanes) is 1. The molecule has 0 aromatic carbocycles. The van der Waals surface area contributed by atoms with Gasteiger partial charge in [0, 0.05) is 5.41 Å². The molecule has 0 aliphatic heterocycles. The molecule has 0 bridgehead atoms. The summed E-state index contributed by atoms with van der Waals surface area (Å²) in [5.41, 5.74) is 0.662. The number of ketones is 1. The molecule has 0 heterocycles. The van der Waals surface area contributed by atoms with Crippen LogP contribution in [0.1, 0.15) is 105 Å². The van der Waals surface area contributed by atoms with Crippen molar-refractivity contribution in [2.45, 2.75) is 123 Å². The van der Waals surface area contributed by atoms with Crippen LogP contribution < -0.4 is 10.6 Å². The molecule has 4 aliphatic rings. The van der Waals surface area contributed by atoms with E-state index < -0.39 is 35.5 Å². The number of hydrogen-bond acceptors (Lipinski definition) is 7. The lowest BCUT2D eigenvalue weighted by Gasteiger charge is -2.59. The Bertz CT molecular complexity index is 1150. The van der Waals surface area contributed by atoms with Crippen LogP contribution in [0, 0.1) is 28.6 Å². The van der Waals surface area contributed by atoms with Crippen molar-refractivity contribution < 1.29 is 34.2 Å². The lowest BCUT2D eigenvalue weighted by atomic mass is 9.46. The van der Waals surface area contributed by atoms with Crippen LogP contribution in [0.15, 0.2) is 16.8 Å². The lowest BCUT2D eigenvalue weighted by Crippen LogP contribution is -2.57. The Kier molecular flexibility index (Phi) is 9.55. The third kappa shape index (κ3) is 5.88. The van der Waals surface area contributed by atoms with Gasteiger partial charge in [0.15, 0.2) is 12.4 Å². The number of amides is 2. The standard InChI is InChI=1S/C32H49N3O7/c1-6-7-8-26(29(39)40)34-28(38)19(2)33-27(37)18-42-35-22-11-14-30(4)21(17-22)9-10-23-24(30)12-15-31(5)25(23)13-16-32(31,41)20(3)36/h17,19,23-26,41H,6-16,18H2,1-5H3,(H,33,37)(H,34,38)(H,39,40)/b35-22+/t19-,23-,24-,25+,26-,30-,31-,32-/m0/s1. The fourth-order valence-corrected chi connectivity index (χ4v) is 8.72. The van der Waals surface area contributed by atoms with E-state index in [1.54, 1.807) is 6.92 Å². The first-order chi connectivity index (χ1) is 19.8. The minimum Gasteiger partial charge on any atom is -0.480 e. The molecular formula is C32H49N3O7. The van der Waals surface area contributed by atoms with Crippen molar-refractivity contribution in [2.75, 3.05) is 6.61 Å². The summed E-state index contributed by atoms with van der Waals surface area (Å²) in [5.74, 6) is -0.895. The molecule has 0 unspecified atom stereocenters. The van der Waals surface area contributed by atoms with Crippen LogP contribution in [0.2, 0.25) is 0 Å². The quantitative estimate of drug-likeness (QED) is 0.267. The third-order valence-electron chi connectivity index (χ3n) is 11.3. The zero-order valence-electron chi connectivity index (χ0n) is 25.8. The van der Waals surface area contributed by atoms with E-state index in [9.17, 15) is 29.4 Å². The summed E-state index contributed by atoms with van der Waals surface area (Å²) in [6, 6.07) is -1.90. The maximum Gasteiger partial charge on any atom is 0.326 e. The Labute approximate surface area is 249 Å². The molecule has 0 spiro atoms. The van der Waals surface area contributed by atoms with Crippen molar-refractivity contribution in [1.82, 2.24) is 10.6 Å². The van der Waals surface area contributed by atoms with E-state index in [2.05, 4.69) is 35.7 Å².